The molecule has 0 fully saturated rings. The molecule has 1 atom stereocenters. The molecule has 94 valence electrons. The molecule has 0 spiro atoms. The number of carboxylic acid groups (broad SMARTS) is 1. The summed E-state index contributed by atoms with van der Waals surface area (Å²) in [7, 11) is 1.67. The molecule has 0 aliphatic heterocycles. The van der Waals surface area contributed by atoms with Crippen LogP contribution in [0.4, 0.5) is 0 Å². The maximum absolute atomic E-state index is 10.8. The van der Waals surface area contributed by atoms with Gasteiger partial charge in [0.15, 0.2) is 0 Å². The van der Waals surface area contributed by atoms with Gasteiger partial charge in [0.05, 0.1) is 5.03 Å². The first-order valence-corrected chi connectivity index (χ1v) is 6.49. The van der Waals surface area contributed by atoms with E-state index in [9.17, 15) is 4.79 Å². The second-order valence-electron chi connectivity index (χ2n) is 3.94. The van der Waals surface area contributed by atoms with Crippen LogP contribution in [0.15, 0.2) is 17.2 Å². The molecule has 1 aromatic heterocycles. The number of aliphatic carboxylic acids is 1. The van der Waals surface area contributed by atoms with Crippen LogP contribution in [0.5, 0.6) is 0 Å². The monoisotopic (exact) mass is 254 g/mol. The van der Waals surface area contributed by atoms with Crippen molar-refractivity contribution in [1.82, 2.24) is 10.3 Å². The van der Waals surface area contributed by atoms with Crippen LogP contribution in [0.2, 0.25) is 0 Å². The fourth-order valence-electron chi connectivity index (χ4n) is 1.55. The van der Waals surface area contributed by atoms with E-state index in [0.29, 0.717) is 6.42 Å². The van der Waals surface area contributed by atoms with E-state index in [1.165, 1.54) is 5.56 Å². The van der Waals surface area contributed by atoms with Crippen molar-refractivity contribution in [2.24, 2.45) is 0 Å². The van der Waals surface area contributed by atoms with Crippen molar-refractivity contribution < 1.29 is 9.90 Å². The molecule has 0 amide bonds. The Bertz CT molecular complexity index is 376. The van der Waals surface area contributed by atoms with Crippen LogP contribution in [0.25, 0.3) is 0 Å². The summed E-state index contributed by atoms with van der Waals surface area (Å²) in [5.74, 6) is -0.0604. The highest BCUT2D eigenvalue weighted by Gasteiger charge is 2.14. The van der Waals surface area contributed by atoms with Gasteiger partial charge >= 0.3 is 5.97 Å². The summed E-state index contributed by atoms with van der Waals surface area (Å²) in [4.78, 5) is 15.2. The van der Waals surface area contributed by atoms with Crippen molar-refractivity contribution >= 4 is 17.7 Å². The Morgan fingerprint density at radius 3 is 2.76 bits per heavy atom. The number of rotatable bonds is 6. The van der Waals surface area contributed by atoms with Gasteiger partial charge in [0, 0.05) is 11.4 Å². The molecule has 1 unspecified atom stereocenters. The topological polar surface area (TPSA) is 62.2 Å². The zero-order valence-corrected chi connectivity index (χ0v) is 11.2. The summed E-state index contributed by atoms with van der Waals surface area (Å²) < 4.78 is 0. The number of carbonyl (C=O) groups is 1. The largest absolute Gasteiger partial charge is 0.480 e. The number of thioether (sulfide) groups is 1. The SMILES string of the molecule is CNC(CCSc1cc(C)cc(C)n1)C(=O)O. The van der Waals surface area contributed by atoms with E-state index in [1.54, 1.807) is 18.8 Å². The third kappa shape index (κ3) is 4.75. The Kier molecular flexibility index (Phi) is 5.44. The van der Waals surface area contributed by atoms with Gasteiger partial charge in [-0.05, 0) is 45.0 Å². The van der Waals surface area contributed by atoms with Crippen molar-refractivity contribution in [2.45, 2.75) is 31.3 Å². The lowest BCUT2D eigenvalue weighted by atomic mass is 10.2. The van der Waals surface area contributed by atoms with Crippen LogP contribution in [-0.4, -0.2) is 34.9 Å². The summed E-state index contributed by atoms with van der Waals surface area (Å²) in [5, 5.41) is 12.6. The van der Waals surface area contributed by atoms with Gasteiger partial charge in [-0.15, -0.1) is 11.8 Å². The van der Waals surface area contributed by atoms with Gasteiger partial charge in [0.1, 0.15) is 6.04 Å². The lowest BCUT2D eigenvalue weighted by Crippen LogP contribution is -2.34. The lowest BCUT2D eigenvalue weighted by Gasteiger charge is -2.10. The number of hydrogen-bond donors (Lipinski definition) is 2. The molecule has 0 aromatic carbocycles. The van der Waals surface area contributed by atoms with Crippen LogP contribution in [0.3, 0.4) is 0 Å². The van der Waals surface area contributed by atoms with E-state index in [-0.39, 0.29) is 0 Å². The van der Waals surface area contributed by atoms with Gasteiger partial charge in [0.2, 0.25) is 0 Å². The van der Waals surface area contributed by atoms with Gasteiger partial charge in [0.25, 0.3) is 0 Å². The number of nitrogens with zero attached hydrogens (tertiary/aromatic N) is 1. The molecule has 17 heavy (non-hydrogen) atoms. The van der Waals surface area contributed by atoms with Crippen LogP contribution in [-0.2, 0) is 4.79 Å². The van der Waals surface area contributed by atoms with Crippen molar-refractivity contribution in [3.05, 3.63) is 23.4 Å². The van der Waals surface area contributed by atoms with E-state index in [2.05, 4.69) is 10.3 Å². The molecule has 0 aliphatic rings. The quantitative estimate of drug-likeness (QED) is 0.759. The predicted octanol–water partition coefficient (Wildman–Crippen LogP) is 1.85. The standard InChI is InChI=1S/C12H18N2O2S/c1-8-6-9(2)14-11(7-8)17-5-4-10(13-3)12(15)16/h6-7,10,13H,4-5H2,1-3H3,(H,15,16). The van der Waals surface area contributed by atoms with Gasteiger partial charge in [-0.25, -0.2) is 4.98 Å². The number of pyridine rings is 1. The molecule has 0 aliphatic carbocycles. The van der Waals surface area contributed by atoms with Crippen LogP contribution >= 0.6 is 11.8 Å². The Hall–Kier alpha value is -1.07. The van der Waals surface area contributed by atoms with Gasteiger partial charge in [-0.2, -0.15) is 0 Å². The highest BCUT2D eigenvalue weighted by atomic mass is 32.2. The molecule has 1 rings (SSSR count). The second-order valence-corrected chi connectivity index (χ2v) is 5.06. The molecule has 0 saturated heterocycles. The lowest BCUT2D eigenvalue weighted by molar-refractivity contribution is -0.139. The third-order valence-corrected chi connectivity index (χ3v) is 3.32. The summed E-state index contributed by atoms with van der Waals surface area (Å²) in [6, 6.07) is 3.57. The van der Waals surface area contributed by atoms with E-state index in [0.717, 1.165) is 16.5 Å². The number of aromatic nitrogens is 1. The molecule has 1 aromatic rings. The maximum atomic E-state index is 10.8. The number of carboxylic acids is 1. The second kappa shape index (κ2) is 6.61. The summed E-state index contributed by atoms with van der Waals surface area (Å²) in [5.41, 5.74) is 2.18. The first-order chi connectivity index (χ1) is 8.02. The van der Waals surface area contributed by atoms with E-state index in [4.69, 9.17) is 5.11 Å². The fraction of sp³-hybridized carbons (Fsp3) is 0.500. The summed E-state index contributed by atoms with van der Waals surface area (Å²) >= 11 is 1.60. The smallest absolute Gasteiger partial charge is 0.320 e. The molecular weight excluding hydrogens is 236 g/mol. The van der Waals surface area contributed by atoms with Crippen LogP contribution in [0.1, 0.15) is 17.7 Å². The maximum Gasteiger partial charge on any atom is 0.320 e. The van der Waals surface area contributed by atoms with Gasteiger partial charge < -0.3 is 10.4 Å². The minimum absolute atomic E-state index is 0.478. The van der Waals surface area contributed by atoms with Crippen molar-refractivity contribution in [3.63, 3.8) is 0 Å². The zero-order valence-electron chi connectivity index (χ0n) is 10.4. The van der Waals surface area contributed by atoms with E-state index >= 15 is 0 Å². The fourth-order valence-corrected chi connectivity index (χ4v) is 2.59. The van der Waals surface area contributed by atoms with Crippen LogP contribution < -0.4 is 5.32 Å². The molecule has 0 bridgehead atoms. The third-order valence-electron chi connectivity index (χ3n) is 2.38. The van der Waals surface area contributed by atoms with Crippen molar-refractivity contribution in [3.8, 4) is 0 Å². The first kappa shape index (κ1) is 14.0. The van der Waals surface area contributed by atoms with E-state index < -0.39 is 12.0 Å². The summed E-state index contributed by atoms with van der Waals surface area (Å²) in [6.45, 7) is 4.00. The number of aryl methyl sites for hydroxylation is 2. The molecular formula is C12H18N2O2S. The Labute approximate surface area is 106 Å². The molecule has 4 nitrogen and oxygen atoms in total. The Morgan fingerprint density at radius 1 is 1.53 bits per heavy atom. The number of likely N-dealkylation sites (N-methyl/N-ethyl adjacent to an activating group) is 1. The predicted molar refractivity (Wildman–Crippen MR) is 69.5 cm³/mol. The molecule has 2 N–H and O–H groups in total. The average molecular weight is 254 g/mol. The molecule has 1 heterocycles. The molecule has 5 heteroatoms. The minimum atomic E-state index is -0.804. The Morgan fingerprint density at radius 2 is 2.24 bits per heavy atom. The number of hydrogen-bond acceptors (Lipinski definition) is 4. The van der Waals surface area contributed by atoms with Crippen molar-refractivity contribution in [1.29, 1.82) is 0 Å². The normalized spacial score (nSPS) is 12.4. The van der Waals surface area contributed by atoms with Crippen LogP contribution in [0, 0.1) is 13.8 Å². The summed E-state index contributed by atoms with van der Waals surface area (Å²) in [6.07, 6.45) is 0.588. The van der Waals surface area contributed by atoms with E-state index in [1.807, 2.05) is 26.0 Å². The highest BCUT2D eigenvalue weighted by Crippen LogP contribution is 2.19. The van der Waals surface area contributed by atoms with Gasteiger partial charge in [-0.3, -0.25) is 4.79 Å². The highest BCUT2D eigenvalue weighted by molar-refractivity contribution is 7.99. The zero-order chi connectivity index (χ0) is 12.8. The number of nitrogens with one attached hydrogen (secondary N) is 1. The molecule has 0 radical (unpaired) electrons. The first-order valence-electron chi connectivity index (χ1n) is 5.51. The molecule has 0 saturated carbocycles. The Balaban J connectivity index is 2.47. The van der Waals surface area contributed by atoms with Gasteiger partial charge in [-0.1, -0.05) is 0 Å². The average Bonchev–Trinajstić information content (AvgIpc) is 2.22. The van der Waals surface area contributed by atoms with Crippen molar-refractivity contribution in [2.75, 3.05) is 12.8 Å². The minimum Gasteiger partial charge on any atom is -0.480 e.